The first-order valence-electron chi connectivity index (χ1n) is 1.21. The van der Waals surface area contributed by atoms with Crippen molar-refractivity contribution in [2.45, 2.75) is 13.3 Å². The van der Waals surface area contributed by atoms with Gasteiger partial charge in [0.15, 0.2) is 0 Å². The van der Waals surface area contributed by atoms with Crippen LogP contribution in [0.1, 0.15) is 13.3 Å². The normalized spacial score (nSPS) is 2.25. The van der Waals surface area contributed by atoms with Crippen LogP contribution in [0.5, 0.6) is 0 Å². The van der Waals surface area contributed by atoms with E-state index in [2.05, 4.69) is 6.92 Å². The Morgan fingerprint density at radius 1 is 0.875 bits per heavy atom. The molecule has 0 aliphatic rings. The Morgan fingerprint density at radius 3 is 0.875 bits per heavy atom. The van der Waals surface area contributed by atoms with Crippen LogP contribution >= 0.6 is 0 Å². The minimum absolute atomic E-state index is 0. The molecule has 0 aliphatic heterocycles. The molecule has 0 rings (SSSR count). The van der Waals surface area contributed by atoms with Crippen LogP contribution < -0.4 is 0 Å². The Labute approximate surface area is 178 Å². The van der Waals surface area contributed by atoms with E-state index in [-0.39, 0.29) is 164 Å². The third kappa shape index (κ3) is 41.8. The number of rotatable bonds is 0. The summed E-state index contributed by atoms with van der Waals surface area (Å²) in [5.41, 5.74) is 0. The summed E-state index contributed by atoms with van der Waals surface area (Å²) in [4.78, 5) is 0. The molecule has 0 aromatic carbocycles. The third-order valence-corrected chi connectivity index (χ3v) is 0. The summed E-state index contributed by atoms with van der Waals surface area (Å²) in [5.74, 6) is 0. The van der Waals surface area contributed by atoms with E-state index in [1.807, 2.05) is 6.92 Å². The Morgan fingerprint density at radius 2 is 0.875 bits per heavy atom. The Kier molecular flexibility index (Phi) is 183. The first-order chi connectivity index (χ1) is 1.41. The van der Waals surface area contributed by atoms with Gasteiger partial charge in [-0.25, -0.2) is 0 Å². The molecule has 5 heteroatoms. The maximum absolute atomic E-state index is 3.49. The van der Waals surface area contributed by atoms with Gasteiger partial charge in [0, 0.05) is 164 Å². The third-order valence-electron chi connectivity index (χ3n) is 0. The molecule has 0 nitrogen and oxygen atoms in total. The van der Waals surface area contributed by atoms with E-state index in [0.717, 1.165) is 6.42 Å². The molecule has 5 radical (unpaired) electrons. The molecule has 0 unspecified atom stereocenters. The molecule has 0 N–H and O–H groups in total. The molecular formula is C3H7Y5-. The van der Waals surface area contributed by atoms with Crippen LogP contribution in [0.25, 0.3) is 0 Å². The molecule has 0 amide bonds. The van der Waals surface area contributed by atoms with Gasteiger partial charge in [0.2, 0.25) is 0 Å². The van der Waals surface area contributed by atoms with Crippen LogP contribution in [-0.4, -0.2) is 0 Å². The molecule has 0 aromatic rings. The summed E-state index contributed by atoms with van der Waals surface area (Å²) in [5, 5.41) is 0. The standard InChI is InChI=1S/C3H7.5Y/c1-3-2;;;;;/h1,3H2,2H3;;;;;/q-1;;;;;. The Hall–Kier alpha value is 5.52. The van der Waals surface area contributed by atoms with Crippen molar-refractivity contribution in [3.05, 3.63) is 6.92 Å². The molecule has 0 spiro atoms. The van der Waals surface area contributed by atoms with Crippen LogP contribution in [0.2, 0.25) is 0 Å². The fourth-order valence-corrected chi connectivity index (χ4v) is 0. The van der Waals surface area contributed by atoms with E-state index in [1.165, 1.54) is 0 Å². The van der Waals surface area contributed by atoms with E-state index in [1.54, 1.807) is 0 Å². The van der Waals surface area contributed by atoms with Crippen LogP contribution in [0, 0.1) is 6.92 Å². The van der Waals surface area contributed by atoms with Gasteiger partial charge in [-0.1, -0.05) is 6.92 Å². The van der Waals surface area contributed by atoms with Crippen LogP contribution in [0.4, 0.5) is 0 Å². The van der Waals surface area contributed by atoms with E-state index < -0.39 is 0 Å². The van der Waals surface area contributed by atoms with Gasteiger partial charge >= 0.3 is 0 Å². The van der Waals surface area contributed by atoms with Crippen molar-refractivity contribution in [3.63, 3.8) is 0 Å². The molecule has 0 aromatic heterocycles. The number of hydrogen-bond donors (Lipinski definition) is 0. The number of hydrogen-bond acceptors (Lipinski definition) is 0. The zero-order chi connectivity index (χ0) is 2.71. The van der Waals surface area contributed by atoms with Crippen molar-refractivity contribution >= 4 is 0 Å². The van der Waals surface area contributed by atoms with Gasteiger partial charge in [0.25, 0.3) is 0 Å². The molecule has 0 saturated heterocycles. The maximum atomic E-state index is 3.49. The van der Waals surface area contributed by atoms with Gasteiger partial charge in [-0.2, -0.15) is 6.42 Å². The summed E-state index contributed by atoms with van der Waals surface area (Å²) in [6, 6.07) is 0. The summed E-state index contributed by atoms with van der Waals surface area (Å²) in [6.45, 7) is 5.50. The molecular weight excluding hydrogens is 481 g/mol. The van der Waals surface area contributed by atoms with Crippen LogP contribution in [0.3, 0.4) is 0 Å². The van der Waals surface area contributed by atoms with E-state index >= 15 is 0 Å². The van der Waals surface area contributed by atoms with Crippen molar-refractivity contribution < 1.29 is 164 Å². The van der Waals surface area contributed by atoms with Gasteiger partial charge < -0.3 is 6.92 Å². The predicted octanol–water partition coefficient (Wildman–Crippen LogP) is 1.22. The molecule has 0 saturated carbocycles. The van der Waals surface area contributed by atoms with E-state index in [4.69, 9.17) is 0 Å². The maximum Gasteiger partial charge on any atom is 0 e. The molecule has 35 valence electrons. The summed E-state index contributed by atoms with van der Waals surface area (Å²) >= 11 is 0. The van der Waals surface area contributed by atoms with Crippen molar-refractivity contribution in [2.24, 2.45) is 0 Å². The van der Waals surface area contributed by atoms with E-state index in [9.17, 15) is 0 Å². The molecule has 0 aliphatic carbocycles. The van der Waals surface area contributed by atoms with Crippen molar-refractivity contribution in [3.8, 4) is 0 Å². The van der Waals surface area contributed by atoms with Crippen molar-refractivity contribution in [1.29, 1.82) is 0 Å². The Bertz CT molecular complexity index is 7.64. The average Bonchev–Trinajstić information content (AvgIpc) is 0.918. The molecule has 8 heavy (non-hydrogen) atoms. The first kappa shape index (κ1) is 37.5. The Balaban J connectivity index is -0.00000000200. The minimum atomic E-state index is 0. The molecule has 0 fully saturated rings. The first-order valence-corrected chi connectivity index (χ1v) is 1.21. The summed E-state index contributed by atoms with van der Waals surface area (Å²) in [6.07, 6.45) is 1.00. The largest absolute Gasteiger partial charge is 0.344 e. The molecule has 0 heterocycles. The van der Waals surface area contributed by atoms with Crippen molar-refractivity contribution in [1.82, 2.24) is 0 Å². The van der Waals surface area contributed by atoms with Crippen LogP contribution in [0.15, 0.2) is 0 Å². The van der Waals surface area contributed by atoms with Crippen LogP contribution in [-0.2, 0) is 164 Å². The molecule has 0 atom stereocenters. The smallest absolute Gasteiger partial charge is 0 e. The second kappa shape index (κ2) is 39.1. The zero-order valence-electron chi connectivity index (χ0n) is 5.30. The van der Waals surface area contributed by atoms with Crippen molar-refractivity contribution in [2.75, 3.05) is 0 Å². The van der Waals surface area contributed by atoms with Gasteiger partial charge in [-0.05, 0) is 0 Å². The van der Waals surface area contributed by atoms with E-state index in [0.29, 0.717) is 0 Å². The average molecular weight is 488 g/mol. The van der Waals surface area contributed by atoms with Gasteiger partial charge in [0.05, 0.1) is 0 Å². The second-order valence-corrected chi connectivity index (χ2v) is 0.500. The van der Waals surface area contributed by atoms with Gasteiger partial charge in [-0.3, -0.25) is 0 Å². The van der Waals surface area contributed by atoms with Gasteiger partial charge in [0.1, 0.15) is 0 Å². The zero-order valence-corrected chi connectivity index (χ0v) is 19.5. The summed E-state index contributed by atoms with van der Waals surface area (Å²) < 4.78 is 0. The predicted molar refractivity (Wildman–Crippen MR) is 15.6 cm³/mol. The minimum Gasteiger partial charge on any atom is -0.344 e. The second-order valence-electron chi connectivity index (χ2n) is 0.500. The molecule has 0 bridgehead atoms. The van der Waals surface area contributed by atoms with Gasteiger partial charge in [-0.15, -0.1) is 0 Å². The fraction of sp³-hybridized carbons (Fsp3) is 0.667. The fourth-order valence-electron chi connectivity index (χ4n) is 0. The quantitative estimate of drug-likeness (QED) is 0.451. The topological polar surface area (TPSA) is 0 Å². The SMILES string of the molecule is [CH2-]CC.[Y].[Y].[Y].[Y].[Y]. The summed E-state index contributed by atoms with van der Waals surface area (Å²) in [7, 11) is 0. The monoisotopic (exact) mass is 488 g/mol.